The third kappa shape index (κ3) is 1.94. The van der Waals surface area contributed by atoms with Crippen LogP contribution in [0.5, 0.6) is 0 Å². The summed E-state index contributed by atoms with van der Waals surface area (Å²) in [6.07, 6.45) is -7.06. The zero-order valence-electron chi connectivity index (χ0n) is 9.98. The van der Waals surface area contributed by atoms with Crippen LogP contribution in [0.1, 0.15) is 13.8 Å². The van der Waals surface area contributed by atoms with E-state index in [1.807, 2.05) is 0 Å². The largest absolute Gasteiger partial charge is 0.318 e. The van der Waals surface area contributed by atoms with Crippen LogP contribution in [-0.2, 0) is 0 Å². The first-order valence-electron chi connectivity index (χ1n) is 5.06. The number of hydrogen-bond donors (Lipinski definition) is 0. The third-order valence-electron chi connectivity index (χ3n) is 3.16. The fraction of sp³-hybridized carbons (Fsp3) is 0.455. The lowest BCUT2D eigenvalue weighted by Crippen LogP contribution is -2.49. The van der Waals surface area contributed by atoms with Crippen LogP contribution in [0.15, 0.2) is 35.0 Å². The van der Waals surface area contributed by atoms with Crippen molar-refractivity contribution < 1.29 is 39.5 Å². The molecule has 20 heavy (non-hydrogen) atoms. The van der Waals surface area contributed by atoms with Crippen LogP contribution >= 0.6 is 0 Å². The number of halogens is 9. The quantitative estimate of drug-likeness (QED) is 0.595. The summed E-state index contributed by atoms with van der Waals surface area (Å²) in [6.45, 7) is 0.484. The van der Waals surface area contributed by atoms with Gasteiger partial charge in [0.15, 0.2) is 17.8 Å². The summed E-state index contributed by atoms with van der Waals surface area (Å²) in [5.74, 6) is -15.8. The van der Waals surface area contributed by atoms with Crippen molar-refractivity contribution in [3.63, 3.8) is 0 Å². The highest BCUT2D eigenvalue weighted by Gasteiger charge is 2.66. The Kier molecular flexibility index (Phi) is 4.04. The number of hydrogen-bond acceptors (Lipinski definition) is 0. The molecule has 0 fully saturated rings. The molecule has 0 heterocycles. The minimum absolute atomic E-state index is 0.0822. The molecule has 2 unspecified atom stereocenters. The number of rotatable bonds is 2. The summed E-state index contributed by atoms with van der Waals surface area (Å²) in [4.78, 5) is 0. The number of allylic oxidation sites excluding steroid dienone is 5. The van der Waals surface area contributed by atoms with Crippen molar-refractivity contribution in [2.75, 3.05) is 0 Å². The maximum atomic E-state index is 13.6. The van der Waals surface area contributed by atoms with E-state index in [0.717, 1.165) is 0 Å². The highest BCUT2D eigenvalue weighted by molar-refractivity contribution is 5.42. The average Bonchev–Trinajstić information content (AvgIpc) is 2.39. The molecule has 0 nitrogen and oxygen atoms in total. The van der Waals surface area contributed by atoms with Crippen molar-refractivity contribution in [2.45, 2.75) is 25.9 Å². The molecule has 1 aliphatic rings. The smallest absolute Gasteiger partial charge is 0.238 e. The summed E-state index contributed by atoms with van der Waals surface area (Å²) < 4.78 is 117. The van der Waals surface area contributed by atoms with Crippen LogP contribution in [0.25, 0.3) is 0 Å². The van der Waals surface area contributed by atoms with Crippen molar-refractivity contribution >= 4 is 0 Å². The Morgan fingerprint density at radius 3 is 1.95 bits per heavy atom. The Bertz CT molecular complexity index is 524. The molecule has 2 atom stereocenters. The minimum Gasteiger partial charge on any atom is -0.238 e. The van der Waals surface area contributed by atoms with Gasteiger partial charge in [-0.25, -0.2) is 17.6 Å². The molecule has 0 N–H and O–H groups in total. The monoisotopic (exact) mass is 310 g/mol. The maximum absolute atomic E-state index is 13.6. The molecule has 9 heteroatoms. The molecule has 1 rings (SSSR count). The van der Waals surface area contributed by atoms with E-state index in [4.69, 9.17) is 0 Å². The normalized spacial score (nSPS) is 28.1. The van der Waals surface area contributed by atoms with Gasteiger partial charge in [-0.15, -0.1) is 0 Å². The van der Waals surface area contributed by atoms with E-state index in [1.54, 1.807) is 0 Å². The van der Waals surface area contributed by atoms with Crippen molar-refractivity contribution in [1.82, 2.24) is 0 Å². The summed E-state index contributed by atoms with van der Waals surface area (Å²) in [5.41, 5.74) is -5.32. The molecule has 0 aromatic carbocycles. The number of alkyl halides is 3. The topological polar surface area (TPSA) is 0 Å². The molecule has 0 saturated heterocycles. The lowest BCUT2D eigenvalue weighted by molar-refractivity contribution is -0.123. The Balaban J connectivity index is 3.63. The Hall–Kier alpha value is -1.41. The van der Waals surface area contributed by atoms with Gasteiger partial charge in [0, 0.05) is 5.57 Å². The van der Waals surface area contributed by atoms with Gasteiger partial charge in [-0.2, -0.15) is 22.0 Å². The van der Waals surface area contributed by atoms with Crippen molar-refractivity contribution in [2.24, 2.45) is 5.41 Å². The summed E-state index contributed by atoms with van der Waals surface area (Å²) in [7, 11) is 0. The first-order chi connectivity index (χ1) is 8.90. The molecule has 0 spiro atoms. The lowest BCUT2D eigenvalue weighted by Gasteiger charge is -2.39. The van der Waals surface area contributed by atoms with E-state index in [1.165, 1.54) is 0 Å². The predicted octanol–water partition coefficient (Wildman–Crippen LogP) is 5.45. The Labute approximate surface area is 107 Å². The van der Waals surface area contributed by atoms with E-state index in [2.05, 4.69) is 0 Å². The Morgan fingerprint density at radius 2 is 1.55 bits per heavy atom. The van der Waals surface area contributed by atoms with Crippen molar-refractivity contribution in [1.29, 1.82) is 0 Å². The maximum Gasteiger partial charge on any atom is 0.318 e. The third-order valence-corrected chi connectivity index (χ3v) is 3.16. The van der Waals surface area contributed by atoms with Gasteiger partial charge in [0.1, 0.15) is 11.2 Å². The van der Waals surface area contributed by atoms with E-state index >= 15 is 0 Å². The Morgan fingerprint density at radius 1 is 1.10 bits per heavy atom. The van der Waals surface area contributed by atoms with Gasteiger partial charge in [-0.3, -0.25) is 0 Å². The fourth-order valence-corrected chi connectivity index (χ4v) is 1.70. The summed E-state index contributed by atoms with van der Waals surface area (Å²) in [6, 6.07) is 0. The average molecular weight is 310 g/mol. The lowest BCUT2D eigenvalue weighted by atomic mass is 9.72. The molecule has 0 radical (unpaired) electrons. The van der Waals surface area contributed by atoms with Crippen LogP contribution in [0.2, 0.25) is 0 Å². The van der Waals surface area contributed by atoms with E-state index in [-0.39, 0.29) is 6.92 Å². The molecule has 0 aliphatic heterocycles. The van der Waals surface area contributed by atoms with Gasteiger partial charge in [0.2, 0.25) is 5.83 Å². The predicted molar refractivity (Wildman–Crippen MR) is 51.4 cm³/mol. The summed E-state index contributed by atoms with van der Waals surface area (Å²) >= 11 is 0. The molecule has 114 valence electrons. The van der Waals surface area contributed by atoms with Crippen molar-refractivity contribution in [3.05, 3.63) is 35.0 Å². The molecule has 0 saturated carbocycles. The van der Waals surface area contributed by atoms with Crippen LogP contribution in [0.3, 0.4) is 0 Å². The molecule has 0 bridgehead atoms. The van der Waals surface area contributed by atoms with E-state index in [0.29, 0.717) is 6.92 Å². The van der Waals surface area contributed by atoms with Gasteiger partial charge in [0.05, 0.1) is 0 Å². The van der Waals surface area contributed by atoms with Crippen LogP contribution < -0.4 is 0 Å². The second-order valence-electron chi connectivity index (χ2n) is 4.31. The van der Waals surface area contributed by atoms with Crippen LogP contribution in [-0.4, -0.2) is 12.1 Å². The first-order valence-corrected chi connectivity index (χ1v) is 5.06. The zero-order valence-corrected chi connectivity index (χ0v) is 9.98. The fourth-order valence-electron chi connectivity index (χ4n) is 1.70. The highest BCUT2D eigenvalue weighted by Crippen LogP contribution is 2.57. The van der Waals surface area contributed by atoms with Crippen LogP contribution in [0, 0.1) is 5.41 Å². The first kappa shape index (κ1) is 16.6. The van der Waals surface area contributed by atoms with Gasteiger partial charge in [-0.1, -0.05) is 0 Å². The highest BCUT2D eigenvalue weighted by atomic mass is 19.3. The molecule has 0 amide bonds. The van der Waals surface area contributed by atoms with Gasteiger partial charge in [-0.05, 0) is 13.8 Å². The molecular formula is C11H7F9. The van der Waals surface area contributed by atoms with Crippen LogP contribution in [0.4, 0.5) is 39.5 Å². The summed E-state index contributed by atoms with van der Waals surface area (Å²) in [5, 5.41) is 0. The van der Waals surface area contributed by atoms with Gasteiger partial charge >= 0.3 is 12.0 Å². The van der Waals surface area contributed by atoms with Gasteiger partial charge < -0.3 is 0 Å². The molecule has 1 aliphatic carbocycles. The molecular weight excluding hydrogens is 303 g/mol. The second-order valence-corrected chi connectivity index (χ2v) is 4.31. The van der Waals surface area contributed by atoms with E-state index < -0.39 is 52.5 Å². The zero-order chi connectivity index (χ0) is 16.0. The standard InChI is InChI=1S/C11H7F9/c1-3-4(12)6(14)10(2,7(15)5(3)13)11(19,20)8(16)9(17)18/h6H,1-2H3. The second kappa shape index (κ2) is 4.85. The molecule has 0 aromatic rings. The molecule has 0 aromatic heterocycles. The van der Waals surface area contributed by atoms with Gasteiger partial charge in [0.25, 0.3) is 0 Å². The van der Waals surface area contributed by atoms with Crippen molar-refractivity contribution in [3.8, 4) is 0 Å². The minimum atomic E-state index is -5.48. The van der Waals surface area contributed by atoms with E-state index in [9.17, 15) is 39.5 Å². The SMILES string of the molecule is CC1=C(F)C(F)C(C)(C(F)(F)C(F)=C(F)F)C(F)=C1F.